The Balaban J connectivity index is 3.06. The highest BCUT2D eigenvalue weighted by Gasteiger charge is 2.35. The minimum absolute atomic E-state index is 0.301. The molecule has 9 heteroatoms. The fourth-order valence-electron chi connectivity index (χ4n) is 1.39. The molecule has 2 N–H and O–H groups in total. The van der Waals surface area contributed by atoms with Gasteiger partial charge in [0.2, 0.25) is 0 Å². The van der Waals surface area contributed by atoms with Crippen molar-refractivity contribution in [2.45, 2.75) is 25.0 Å². The van der Waals surface area contributed by atoms with Crippen LogP contribution in [-0.2, 0) is 0 Å². The molecule has 1 aromatic rings. The molecule has 0 spiro atoms. The van der Waals surface area contributed by atoms with E-state index in [4.69, 9.17) is 5.73 Å². The molecule has 0 unspecified atom stereocenters. The lowest BCUT2D eigenvalue weighted by Crippen LogP contribution is -2.23. The van der Waals surface area contributed by atoms with Gasteiger partial charge < -0.3 is 10.5 Å². The van der Waals surface area contributed by atoms with Crippen LogP contribution in [0.25, 0.3) is 0 Å². The maximum absolute atomic E-state index is 12.2. The van der Waals surface area contributed by atoms with Gasteiger partial charge in [-0.25, -0.2) is 0 Å². The van der Waals surface area contributed by atoms with Crippen molar-refractivity contribution in [1.82, 2.24) is 0 Å². The minimum Gasteiger partial charge on any atom is -0.405 e. The maximum atomic E-state index is 12.2. The van der Waals surface area contributed by atoms with Gasteiger partial charge in [-0.05, 0) is 18.2 Å². The number of hydrogen-bond donors (Lipinski definition) is 1. The molecule has 0 fully saturated rings. The lowest BCUT2D eigenvalue weighted by atomic mass is 10.0. The van der Waals surface area contributed by atoms with Crippen LogP contribution < -0.4 is 10.5 Å². The number of hydrogen-bond acceptors (Lipinski definition) is 2. The van der Waals surface area contributed by atoms with Crippen LogP contribution in [0, 0.1) is 0 Å². The van der Waals surface area contributed by atoms with Crippen molar-refractivity contribution in [1.29, 1.82) is 0 Å². The molecule has 108 valence electrons. The van der Waals surface area contributed by atoms with E-state index in [0.29, 0.717) is 4.47 Å². The van der Waals surface area contributed by atoms with Crippen molar-refractivity contribution in [3.63, 3.8) is 0 Å². The molecule has 19 heavy (non-hydrogen) atoms. The highest BCUT2D eigenvalue weighted by Crippen LogP contribution is 2.36. The van der Waals surface area contributed by atoms with Crippen LogP contribution in [0.4, 0.5) is 26.3 Å². The van der Waals surface area contributed by atoms with Crippen LogP contribution in [0.3, 0.4) is 0 Å². The zero-order chi connectivity index (χ0) is 14.8. The van der Waals surface area contributed by atoms with Crippen LogP contribution >= 0.6 is 15.9 Å². The summed E-state index contributed by atoms with van der Waals surface area (Å²) in [7, 11) is 0. The van der Waals surface area contributed by atoms with E-state index in [0.717, 1.165) is 12.1 Å². The number of halogens is 7. The molecule has 2 nitrogen and oxygen atoms in total. The molecule has 0 aliphatic heterocycles. The van der Waals surface area contributed by atoms with Gasteiger partial charge >= 0.3 is 12.5 Å². The SMILES string of the molecule is N[C@@H](CC(F)(F)F)c1cc(Br)ccc1OC(F)(F)F. The molecular weight excluding hydrogens is 344 g/mol. The van der Waals surface area contributed by atoms with E-state index in [9.17, 15) is 26.3 Å². The van der Waals surface area contributed by atoms with Crippen molar-refractivity contribution >= 4 is 15.9 Å². The standard InChI is InChI=1S/C10H8BrF6NO/c11-5-1-2-8(19-10(15,16)17)6(3-5)7(18)4-9(12,13)14/h1-3,7H,4,18H2/t7-/m0/s1. The molecule has 1 aromatic carbocycles. The maximum Gasteiger partial charge on any atom is 0.573 e. The largest absolute Gasteiger partial charge is 0.573 e. The molecule has 0 heterocycles. The van der Waals surface area contributed by atoms with Gasteiger partial charge in [-0.15, -0.1) is 13.2 Å². The Kier molecular flexibility index (Phi) is 4.72. The monoisotopic (exact) mass is 351 g/mol. The Hall–Kier alpha value is -0.960. The number of nitrogens with two attached hydrogens (primary N) is 1. The van der Waals surface area contributed by atoms with Gasteiger partial charge in [0, 0.05) is 16.1 Å². The van der Waals surface area contributed by atoms with Crippen molar-refractivity contribution in [2.24, 2.45) is 5.73 Å². The Morgan fingerprint density at radius 1 is 1.16 bits per heavy atom. The zero-order valence-electron chi connectivity index (χ0n) is 9.15. The third-order valence-corrected chi connectivity index (χ3v) is 2.54. The number of rotatable bonds is 3. The fourth-order valence-corrected chi connectivity index (χ4v) is 1.76. The summed E-state index contributed by atoms with van der Waals surface area (Å²) in [4.78, 5) is 0. The van der Waals surface area contributed by atoms with Crippen LogP contribution in [0.5, 0.6) is 5.75 Å². The zero-order valence-corrected chi connectivity index (χ0v) is 10.7. The molecule has 0 saturated carbocycles. The second-order valence-electron chi connectivity index (χ2n) is 3.66. The Bertz CT molecular complexity index is 445. The molecule has 0 radical (unpaired) electrons. The summed E-state index contributed by atoms with van der Waals surface area (Å²) in [5.41, 5.74) is 4.91. The summed E-state index contributed by atoms with van der Waals surface area (Å²) in [6.07, 6.45) is -11.0. The van der Waals surface area contributed by atoms with E-state index in [-0.39, 0.29) is 5.56 Å². The molecule has 0 saturated heterocycles. The second kappa shape index (κ2) is 5.58. The van der Waals surface area contributed by atoms with Crippen LogP contribution in [0.1, 0.15) is 18.0 Å². The Morgan fingerprint density at radius 2 is 1.74 bits per heavy atom. The van der Waals surface area contributed by atoms with E-state index in [1.165, 1.54) is 6.07 Å². The van der Waals surface area contributed by atoms with Gasteiger partial charge in [-0.1, -0.05) is 15.9 Å². The van der Waals surface area contributed by atoms with E-state index < -0.39 is 30.8 Å². The van der Waals surface area contributed by atoms with E-state index >= 15 is 0 Å². The van der Waals surface area contributed by atoms with Crippen molar-refractivity contribution < 1.29 is 31.1 Å². The summed E-state index contributed by atoms with van der Waals surface area (Å²) in [5, 5.41) is 0. The van der Waals surface area contributed by atoms with Crippen molar-refractivity contribution in [2.75, 3.05) is 0 Å². The topological polar surface area (TPSA) is 35.2 Å². The number of benzene rings is 1. The van der Waals surface area contributed by atoms with E-state index in [2.05, 4.69) is 20.7 Å². The lowest BCUT2D eigenvalue weighted by molar-refractivity contribution is -0.275. The van der Waals surface area contributed by atoms with Gasteiger partial charge in [0.25, 0.3) is 0 Å². The normalized spacial score (nSPS) is 14.3. The van der Waals surface area contributed by atoms with Gasteiger partial charge in [-0.3, -0.25) is 0 Å². The molecule has 1 rings (SSSR count). The van der Waals surface area contributed by atoms with Crippen LogP contribution in [0.15, 0.2) is 22.7 Å². The highest BCUT2D eigenvalue weighted by atomic mass is 79.9. The Labute approximate surface area is 112 Å². The third-order valence-electron chi connectivity index (χ3n) is 2.05. The third kappa shape index (κ3) is 5.68. The summed E-state index contributed by atoms with van der Waals surface area (Å²) in [6.45, 7) is 0. The van der Waals surface area contributed by atoms with Gasteiger partial charge in [0.15, 0.2) is 0 Å². The van der Waals surface area contributed by atoms with E-state index in [1.54, 1.807) is 0 Å². The lowest BCUT2D eigenvalue weighted by Gasteiger charge is -2.19. The van der Waals surface area contributed by atoms with Crippen molar-refractivity contribution in [3.05, 3.63) is 28.2 Å². The predicted octanol–water partition coefficient (Wildman–Crippen LogP) is 4.30. The van der Waals surface area contributed by atoms with Gasteiger partial charge in [0.1, 0.15) is 5.75 Å². The predicted molar refractivity (Wildman–Crippen MR) is 58.4 cm³/mol. The summed E-state index contributed by atoms with van der Waals surface area (Å²) >= 11 is 2.95. The summed E-state index contributed by atoms with van der Waals surface area (Å²) in [5.74, 6) is -0.743. The first-order valence-corrected chi connectivity index (χ1v) is 5.65. The second-order valence-corrected chi connectivity index (χ2v) is 4.57. The average molecular weight is 352 g/mol. The molecule has 0 amide bonds. The van der Waals surface area contributed by atoms with Gasteiger partial charge in [0.05, 0.1) is 6.42 Å². The first-order chi connectivity index (χ1) is 8.48. The minimum atomic E-state index is -5.00. The molecular formula is C10H8BrF6NO. The molecule has 0 aliphatic carbocycles. The first kappa shape index (κ1) is 16.1. The molecule has 0 bridgehead atoms. The summed E-state index contributed by atoms with van der Waals surface area (Å²) in [6, 6.07) is 1.54. The van der Waals surface area contributed by atoms with Crippen molar-refractivity contribution in [3.8, 4) is 5.75 Å². The fraction of sp³-hybridized carbons (Fsp3) is 0.400. The Morgan fingerprint density at radius 3 is 2.21 bits per heavy atom. The van der Waals surface area contributed by atoms with Gasteiger partial charge in [-0.2, -0.15) is 13.2 Å². The quantitative estimate of drug-likeness (QED) is 0.824. The summed E-state index contributed by atoms with van der Waals surface area (Å²) < 4.78 is 77.0. The number of ether oxygens (including phenoxy) is 1. The molecule has 1 atom stereocenters. The highest BCUT2D eigenvalue weighted by molar-refractivity contribution is 9.10. The van der Waals surface area contributed by atoms with E-state index in [1.807, 2.05) is 0 Å². The smallest absolute Gasteiger partial charge is 0.405 e. The molecule has 0 aliphatic rings. The average Bonchev–Trinajstić information content (AvgIpc) is 2.16. The van der Waals surface area contributed by atoms with Crippen LogP contribution in [0.2, 0.25) is 0 Å². The first-order valence-electron chi connectivity index (χ1n) is 4.85. The van der Waals surface area contributed by atoms with Crippen LogP contribution in [-0.4, -0.2) is 12.5 Å². The molecule has 0 aromatic heterocycles. The number of alkyl halides is 6.